The van der Waals surface area contributed by atoms with Crippen molar-refractivity contribution in [3.63, 3.8) is 0 Å². The van der Waals surface area contributed by atoms with Gasteiger partial charge in [-0.15, -0.1) is 0 Å². The minimum atomic E-state index is 0.247. The fraction of sp³-hybridized carbons (Fsp3) is 1.00. The van der Waals surface area contributed by atoms with Crippen LogP contribution in [0.15, 0.2) is 0 Å². The van der Waals surface area contributed by atoms with Gasteiger partial charge in [0.2, 0.25) is 0 Å². The summed E-state index contributed by atoms with van der Waals surface area (Å²) >= 11 is 4.43. The molecule has 2 aliphatic rings. The van der Waals surface area contributed by atoms with E-state index in [1.807, 2.05) is 0 Å². The molecule has 0 amide bonds. The molecule has 82 valence electrons. The Morgan fingerprint density at radius 2 is 1.93 bits per heavy atom. The Hall–Kier alpha value is 0.230. The minimum absolute atomic E-state index is 0.247. The van der Waals surface area contributed by atoms with Crippen LogP contribution in [0.4, 0.5) is 0 Å². The van der Waals surface area contributed by atoms with Gasteiger partial charge >= 0.3 is 0 Å². The summed E-state index contributed by atoms with van der Waals surface area (Å²) in [5.74, 6) is 0.893. The molecule has 0 aromatic carbocycles. The van der Waals surface area contributed by atoms with E-state index in [1.165, 1.54) is 0 Å². The standard InChI is InChI=1S/C10H18O3S/c14-8-10(1-3-11-4-2-10)7-13-9-5-12-6-9/h9,14H,1-8H2. The monoisotopic (exact) mass is 218 g/mol. The maximum atomic E-state index is 5.78. The first-order valence-electron chi connectivity index (χ1n) is 5.23. The van der Waals surface area contributed by atoms with Crippen molar-refractivity contribution in [2.45, 2.75) is 18.9 Å². The van der Waals surface area contributed by atoms with Crippen LogP contribution >= 0.6 is 12.6 Å². The third kappa shape index (κ3) is 2.42. The van der Waals surface area contributed by atoms with Crippen LogP contribution in [0.1, 0.15) is 12.8 Å². The van der Waals surface area contributed by atoms with Crippen LogP contribution < -0.4 is 0 Å². The van der Waals surface area contributed by atoms with Gasteiger partial charge in [-0.1, -0.05) is 0 Å². The molecule has 0 unspecified atom stereocenters. The summed E-state index contributed by atoms with van der Waals surface area (Å²) in [6.45, 7) is 4.04. The second-order valence-electron chi connectivity index (χ2n) is 4.24. The minimum Gasteiger partial charge on any atom is -0.381 e. The smallest absolute Gasteiger partial charge is 0.104 e. The normalized spacial score (nSPS) is 27.2. The lowest BCUT2D eigenvalue weighted by molar-refractivity contribution is -0.152. The summed E-state index contributed by atoms with van der Waals surface area (Å²) in [6, 6.07) is 0. The summed E-state index contributed by atoms with van der Waals surface area (Å²) in [4.78, 5) is 0. The zero-order valence-electron chi connectivity index (χ0n) is 8.41. The van der Waals surface area contributed by atoms with E-state index in [-0.39, 0.29) is 5.41 Å². The first kappa shape index (κ1) is 10.7. The number of hydrogen-bond donors (Lipinski definition) is 1. The largest absolute Gasteiger partial charge is 0.381 e. The molecule has 3 nitrogen and oxygen atoms in total. The summed E-state index contributed by atoms with van der Waals surface area (Å²) in [6.07, 6.45) is 2.48. The molecule has 0 N–H and O–H groups in total. The summed E-state index contributed by atoms with van der Waals surface area (Å²) in [7, 11) is 0. The lowest BCUT2D eigenvalue weighted by atomic mass is 9.83. The van der Waals surface area contributed by atoms with Crippen molar-refractivity contribution in [3.8, 4) is 0 Å². The van der Waals surface area contributed by atoms with Crippen LogP contribution in [0.5, 0.6) is 0 Å². The van der Waals surface area contributed by atoms with Gasteiger partial charge in [0.25, 0.3) is 0 Å². The molecule has 4 heteroatoms. The van der Waals surface area contributed by atoms with Crippen LogP contribution in [0.25, 0.3) is 0 Å². The fourth-order valence-electron chi connectivity index (χ4n) is 1.76. The Kier molecular flexibility index (Phi) is 3.71. The van der Waals surface area contributed by atoms with Gasteiger partial charge in [-0.2, -0.15) is 12.6 Å². The Morgan fingerprint density at radius 3 is 2.43 bits per heavy atom. The van der Waals surface area contributed by atoms with Crippen LogP contribution in [0.3, 0.4) is 0 Å². The molecule has 14 heavy (non-hydrogen) atoms. The van der Waals surface area contributed by atoms with E-state index in [9.17, 15) is 0 Å². The zero-order chi connectivity index (χ0) is 9.86. The predicted octanol–water partition coefficient (Wildman–Crippen LogP) is 1.13. The maximum Gasteiger partial charge on any atom is 0.104 e. The van der Waals surface area contributed by atoms with Gasteiger partial charge in [-0.3, -0.25) is 0 Å². The lowest BCUT2D eigenvalue weighted by Crippen LogP contribution is -2.42. The Morgan fingerprint density at radius 1 is 1.21 bits per heavy atom. The number of hydrogen-bond acceptors (Lipinski definition) is 4. The molecule has 2 rings (SSSR count). The Labute approximate surface area is 90.5 Å². The van der Waals surface area contributed by atoms with Crippen molar-refractivity contribution in [1.82, 2.24) is 0 Å². The molecular formula is C10H18O3S. The molecule has 0 bridgehead atoms. The van der Waals surface area contributed by atoms with Crippen LogP contribution in [0, 0.1) is 5.41 Å². The number of thiol groups is 1. The van der Waals surface area contributed by atoms with E-state index in [0.717, 1.165) is 51.6 Å². The van der Waals surface area contributed by atoms with Gasteiger partial charge < -0.3 is 14.2 Å². The van der Waals surface area contributed by atoms with E-state index in [4.69, 9.17) is 14.2 Å². The van der Waals surface area contributed by atoms with Gasteiger partial charge in [0.05, 0.1) is 19.8 Å². The van der Waals surface area contributed by atoms with Crippen molar-refractivity contribution in [3.05, 3.63) is 0 Å². The predicted molar refractivity (Wildman–Crippen MR) is 56.9 cm³/mol. The highest BCUT2D eigenvalue weighted by molar-refractivity contribution is 7.80. The molecule has 0 atom stereocenters. The second kappa shape index (κ2) is 4.84. The maximum absolute atomic E-state index is 5.78. The average Bonchev–Trinajstić information content (AvgIpc) is 2.17. The van der Waals surface area contributed by atoms with E-state index in [2.05, 4.69) is 12.6 Å². The van der Waals surface area contributed by atoms with Gasteiger partial charge in [0.15, 0.2) is 0 Å². The molecule has 2 aliphatic heterocycles. The summed E-state index contributed by atoms with van der Waals surface area (Å²) in [5, 5.41) is 0. The molecule has 0 saturated carbocycles. The molecule has 2 saturated heterocycles. The highest BCUT2D eigenvalue weighted by atomic mass is 32.1. The van der Waals surface area contributed by atoms with Crippen LogP contribution in [-0.2, 0) is 14.2 Å². The van der Waals surface area contributed by atoms with Crippen molar-refractivity contribution in [2.24, 2.45) is 5.41 Å². The first-order valence-corrected chi connectivity index (χ1v) is 5.86. The van der Waals surface area contributed by atoms with Crippen molar-refractivity contribution < 1.29 is 14.2 Å². The first-order chi connectivity index (χ1) is 6.85. The SMILES string of the molecule is SCC1(COC2COC2)CCOCC1. The average molecular weight is 218 g/mol. The zero-order valence-corrected chi connectivity index (χ0v) is 9.30. The van der Waals surface area contributed by atoms with Crippen LogP contribution in [0.2, 0.25) is 0 Å². The summed E-state index contributed by atoms with van der Waals surface area (Å²) < 4.78 is 16.2. The van der Waals surface area contributed by atoms with E-state index >= 15 is 0 Å². The van der Waals surface area contributed by atoms with Gasteiger partial charge in [0, 0.05) is 18.6 Å². The molecule has 0 aromatic rings. The van der Waals surface area contributed by atoms with Crippen molar-refractivity contribution >= 4 is 12.6 Å². The molecule has 0 spiro atoms. The van der Waals surface area contributed by atoms with Crippen LogP contribution in [-0.4, -0.2) is 44.9 Å². The number of rotatable bonds is 4. The molecule has 2 fully saturated rings. The number of ether oxygens (including phenoxy) is 3. The Bertz CT molecular complexity index is 176. The Balaban J connectivity index is 1.77. The van der Waals surface area contributed by atoms with E-state index in [0.29, 0.717) is 6.10 Å². The van der Waals surface area contributed by atoms with E-state index in [1.54, 1.807) is 0 Å². The molecule has 0 aliphatic carbocycles. The highest BCUT2D eigenvalue weighted by Gasteiger charge is 2.33. The molecule has 0 radical (unpaired) electrons. The summed E-state index contributed by atoms with van der Waals surface area (Å²) in [5.41, 5.74) is 0.247. The fourth-order valence-corrected chi connectivity index (χ4v) is 2.16. The van der Waals surface area contributed by atoms with Crippen molar-refractivity contribution in [2.75, 3.05) is 38.8 Å². The third-order valence-electron chi connectivity index (χ3n) is 3.12. The van der Waals surface area contributed by atoms with Gasteiger partial charge in [0.1, 0.15) is 6.10 Å². The highest BCUT2D eigenvalue weighted by Crippen LogP contribution is 2.32. The van der Waals surface area contributed by atoms with Gasteiger partial charge in [-0.25, -0.2) is 0 Å². The molecule has 0 aromatic heterocycles. The quantitative estimate of drug-likeness (QED) is 0.717. The molecule has 2 heterocycles. The van der Waals surface area contributed by atoms with Gasteiger partial charge in [-0.05, 0) is 18.6 Å². The van der Waals surface area contributed by atoms with E-state index < -0.39 is 0 Å². The topological polar surface area (TPSA) is 27.7 Å². The molecular weight excluding hydrogens is 200 g/mol. The second-order valence-corrected chi connectivity index (χ2v) is 4.56. The van der Waals surface area contributed by atoms with Crippen molar-refractivity contribution in [1.29, 1.82) is 0 Å². The lowest BCUT2D eigenvalue weighted by Gasteiger charge is -2.38. The third-order valence-corrected chi connectivity index (χ3v) is 3.79.